The van der Waals surface area contributed by atoms with Crippen molar-refractivity contribution in [3.63, 3.8) is 0 Å². The highest BCUT2D eigenvalue weighted by atomic mass is 19.1. The van der Waals surface area contributed by atoms with Crippen LogP contribution in [0, 0.1) is 11.7 Å². The van der Waals surface area contributed by atoms with Crippen molar-refractivity contribution in [2.24, 2.45) is 5.92 Å². The van der Waals surface area contributed by atoms with Crippen LogP contribution < -0.4 is 4.74 Å². The second-order valence-corrected chi connectivity index (χ2v) is 10.5. The summed E-state index contributed by atoms with van der Waals surface area (Å²) in [7, 11) is 0. The molecule has 0 saturated carbocycles. The highest BCUT2D eigenvalue weighted by molar-refractivity contribution is 5.63. The molecule has 35 heavy (non-hydrogen) atoms. The minimum absolute atomic E-state index is 0.0481. The molecular weight excluding hydrogens is 452 g/mol. The molecule has 0 bridgehead atoms. The number of ether oxygens (including phenoxy) is 1. The van der Waals surface area contributed by atoms with Crippen molar-refractivity contribution in [3.05, 3.63) is 47.9 Å². The van der Waals surface area contributed by atoms with Crippen LogP contribution in [-0.2, 0) is 0 Å². The van der Waals surface area contributed by atoms with Crippen LogP contribution >= 0.6 is 0 Å². The van der Waals surface area contributed by atoms with E-state index >= 15 is 0 Å². The largest absolute Gasteiger partial charge is 0.477 e. The Balaban J connectivity index is 1.31. The number of piperidine rings is 1. The van der Waals surface area contributed by atoms with E-state index in [1.54, 1.807) is 43.1 Å². The molecule has 1 unspecified atom stereocenters. The molecular formula is C27H37F2N3O3. The number of hydrogen-bond acceptors (Lipinski definition) is 6. The molecule has 2 aliphatic rings. The summed E-state index contributed by atoms with van der Waals surface area (Å²) in [5.41, 5.74) is 0.465. The van der Waals surface area contributed by atoms with E-state index in [2.05, 4.69) is 9.88 Å². The van der Waals surface area contributed by atoms with Crippen molar-refractivity contribution in [2.45, 2.75) is 57.5 Å². The molecule has 0 amide bonds. The van der Waals surface area contributed by atoms with E-state index in [-0.39, 0.29) is 18.2 Å². The second kappa shape index (κ2) is 11.3. The molecule has 0 spiro atoms. The number of halogens is 2. The van der Waals surface area contributed by atoms with Gasteiger partial charge in [0.05, 0.1) is 13.2 Å². The maximum absolute atomic E-state index is 14.9. The monoisotopic (exact) mass is 489 g/mol. The summed E-state index contributed by atoms with van der Waals surface area (Å²) in [6.45, 7) is 6.61. The van der Waals surface area contributed by atoms with E-state index in [4.69, 9.17) is 4.74 Å². The van der Waals surface area contributed by atoms with E-state index in [0.717, 1.165) is 44.3 Å². The zero-order valence-electron chi connectivity index (χ0n) is 20.7. The molecule has 0 radical (unpaired) electrons. The average Bonchev–Trinajstić information content (AvgIpc) is 3.31. The Hall–Kier alpha value is -2.13. The SMILES string of the molecule is CC(C)(F)CN1CCC(COc2ccc(-c3ccc(C(O)N4CCC[C@H]4CO)c(F)c3)cn2)CC1. The lowest BCUT2D eigenvalue weighted by Gasteiger charge is -2.34. The number of hydrogen-bond donors (Lipinski definition) is 2. The maximum Gasteiger partial charge on any atom is 0.213 e. The molecule has 2 aliphatic heterocycles. The molecule has 6 nitrogen and oxygen atoms in total. The van der Waals surface area contributed by atoms with Gasteiger partial charge < -0.3 is 19.8 Å². The summed E-state index contributed by atoms with van der Waals surface area (Å²) in [4.78, 5) is 8.30. The van der Waals surface area contributed by atoms with E-state index in [9.17, 15) is 19.0 Å². The van der Waals surface area contributed by atoms with Gasteiger partial charge in [-0.25, -0.2) is 13.8 Å². The summed E-state index contributed by atoms with van der Waals surface area (Å²) >= 11 is 0. The number of alkyl halides is 1. The highest BCUT2D eigenvalue weighted by Gasteiger charge is 2.31. The van der Waals surface area contributed by atoms with Crippen LogP contribution in [0.2, 0.25) is 0 Å². The van der Waals surface area contributed by atoms with Gasteiger partial charge in [0.15, 0.2) is 0 Å². The molecule has 4 rings (SSSR count). The molecule has 192 valence electrons. The van der Waals surface area contributed by atoms with Crippen molar-refractivity contribution >= 4 is 0 Å². The first-order chi connectivity index (χ1) is 16.7. The molecule has 1 aromatic heterocycles. The van der Waals surface area contributed by atoms with Crippen molar-refractivity contribution < 1.29 is 23.7 Å². The van der Waals surface area contributed by atoms with Gasteiger partial charge in [0, 0.05) is 42.5 Å². The van der Waals surface area contributed by atoms with Gasteiger partial charge in [-0.05, 0) is 76.2 Å². The Morgan fingerprint density at radius 2 is 1.86 bits per heavy atom. The summed E-state index contributed by atoms with van der Waals surface area (Å²) in [5.74, 6) is 0.462. The van der Waals surface area contributed by atoms with Gasteiger partial charge in [-0.15, -0.1) is 0 Å². The Bertz CT molecular complexity index is 959. The molecule has 0 aliphatic carbocycles. The van der Waals surface area contributed by atoms with Gasteiger partial charge in [0.2, 0.25) is 5.88 Å². The first kappa shape index (κ1) is 25.9. The number of likely N-dealkylation sites (tertiary alicyclic amines) is 2. The summed E-state index contributed by atoms with van der Waals surface area (Å²) in [5, 5.41) is 20.2. The molecule has 3 heterocycles. The van der Waals surface area contributed by atoms with Gasteiger partial charge in [0.1, 0.15) is 17.7 Å². The third-order valence-corrected chi connectivity index (χ3v) is 7.07. The van der Waals surface area contributed by atoms with Crippen LogP contribution in [0.3, 0.4) is 0 Å². The van der Waals surface area contributed by atoms with Gasteiger partial charge in [-0.1, -0.05) is 12.1 Å². The summed E-state index contributed by atoms with van der Waals surface area (Å²) in [6.07, 6.45) is 4.20. The van der Waals surface area contributed by atoms with E-state index in [0.29, 0.717) is 37.1 Å². The van der Waals surface area contributed by atoms with Crippen molar-refractivity contribution in [2.75, 3.05) is 39.4 Å². The minimum Gasteiger partial charge on any atom is -0.477 e. The van der Waals surface area contributed by atoms with Crippen molar-refractivity contribution in [1.29, 1.82) is 0 Å². The van der Waals surface area contributed by atoms with Crippen LogP contribution in [0.5, 0.6) is 5.88 Å². The van der Waals surface area contributed by atoms with Gasteiger partial charge in [-0.3, -0.25) is 4.90 Å². The molecule has 2 atom stereocenters. The molecule has 2 N–H and O–H groups in total. The zero-order chi connectivity index (χ0) is 25.0. The normalized spacial score (nSPS) is 21.4. The molecule has 2 fully saturated rings. The van der Waals surface area contributed by atoms with E-state index in [1.165, 1.54) is 6.07 Å². The quantitative estimate of drug-likeness (QED) is 0.551. The summed E-state index contributed by atoms with van der Waals surface area (Å²) < 4.78 is 34.6. The number of pyridine rings is 1. The Morgan fingerprint density at radius 1 is 1.11 bits per heavy atom. The van der Waals surface area contributed by atoms with E-state index in [1.807, 2.05) is 6.07 Å². The molecule has 1 aromatic carbocycles. The predicted octanol–water partition coefficient (Wildman–Crippen LogP) is 4.17. The van der Waals surface area contributed by atoms with Crippen LogP contribution in [-0.4, -0.2) is 76.1 Å². The van der Waals surface area contributed by atoms with Crippen LogP contribution in [0.25, 0.3) is 11.1 Å². The Labute approximate surface area is 206 Å². The third kappa shape index (κ3) is 6.76. The number of aliphatic hydroxyl groups is 2. The van der Waals surface area contributed by atoms with Crippen molar-refractivity contribution in [3.8, 4) is 17.0 Å². The lowest BCUT2D eigenvalue weighted by molar-refractivity contribution is -0.0224. The topological polar surface area (TPSA) is 69.1 Å². The number of rotatable bonds is 9. The lowest BCUT2D eigenvalue weighted by Crippen LogP contribution is -2.41. The molecule has 2 aromatic rings. The minimum atomic E-state index is -1.17. The Kier molecular flexibility index (Phi) is 8.37. The van der Waals surface area contributed by atoms with Crippen LogP contribution in [0.4, 0.5) is 8.78 Å². The standard InChI is InChI=1S/C27H37F2N3O3/c1-27(2,29)18-31-12-9-19(10-13-31)17-35-25-8-6-21(15-30-25)20-5-7-23(24(28)14-20)26(34)32-11-3-4-22(32)16-33/h5-8,14-15,19,22,26,33-34H,3-4,9-13,16-18H2,1-2H3/t22-,26?/m0/s1. The van der Waals surface area contributed by atoms with Gasteiger partial charge in [-0.2, -0.15) is 0 Å². The highest BCUT2D eigenvalue weighted by Crippen LogP contribution is 2.31. The number of benzene rings is 1. The lowest BCUT2D eigenvalue weighted by atomic mass is 9.97. The fourth-order valence-electron chi connectivity index (χ4n) is 5.15. The van der Waals surface area contributed by atoms with Crippen LogP contribution in [0.15, 0.2) is 36.5 Å². The number of aliphatic hydroxyl groups excluding tert-OH is 2. The number of aromatic nitrogens is 1. The maximum atomic E-state index is 14.9. The smallest absolute Gasteiger partial charge is 0.213 e. The fraction of sp³-hybridized carbons (Fsp3) is 0.593. The first-order valence-corrected chi connectivity index (χ1v) is 12.6. The fourth-order valence-corrected chi connectivity index (χ4v) is 5.15. The second-order valence-electron chi connectivity index (χ2n) is 10.5. The van der Waals surface area contributed by atoms with Crippen molar-refractivity contribution in [1.82, 2.24) is 14.8 Å². The third-order valence-electron chi connectivity index (χ3n) is 7.07. The Morgan fingerprint density at radius 3 is 2.49 bits per heavy atom. The molecule has 8 heteroatoms. The zero-order valence-corrected chi connectivity index (χ0v) is 20.7. The molecule has 2 saturated heterocycles. The van der Waals surface area contributed by atoms with Crippen LogP contribution in [0.1, 0.15) is 51.3 Å². The average molecular weight is 490 g/mol. The number of nitrogens with zero attached hydrogens (tertiary/aromatic N) is 3. The van der Waals surface area contributed by atoms with Gasteiger partial charge in [0.25, 0.3) is 0 Å². The summed E-state index contributed by atoms with van der Waals surface area (Å²) in [6, 6.07) is 8.27. The predicted molar refractivity (Wildman–Crippen MR) is 131 cm³/mol. The van der Waals surface area contributed by atoms with Gasteiger partial charge >= 0.3 is 0 Å². The first-order valence-electron chi connectivity index (χ1n) is 12.6. The van der Waals surface area contributed by atoms with E-state index < -0.39 is 17.7 Å².